The van der Waals surface area contributed by atoms with Crippen molar-refractivity contribution >= 4 is 36.7 Å². The first-order valence-electron chi connectivity index (χ1n) is 10.0. The lowest BCUT2D eigenvalue weighted by Gasteiger charge is -2.08. The van der Waals surface area contributed by atoms with Crippen LogP contribution in [0.25, 0.3) is 21.5 Å². The van der Waals surface area contributed by atoms with Crippen LogP contribution >= 0.6 is 11.3 Å². The summed E-state index contributed by atoms with van der Waals surface area (Å²) in [6.07, 6.45) is 6.03. The molecular weight excluding hydrogens is 416 g/mol. The van der Waals surface area contributed by atoms with Gasteiger partial charge in [-0.25, -0.2) is 13.4 Å². The monoisotopic (exact) mass is 438 g/mol. The van der Waals surface area contributed by atoms with Gasteiger partial charge in [0.1, 0.15) is 10.6 Å². The molecule has 6 nitrogen and oxygen atoms in total. The van der Waals surface area contributed by atoms with E-state index in [2.05, 4.69) is 9.71 Å². The van der Waals surface area contributed by atoms with Gasteiger partial charge in [0, 0.05) is 11.8 Å². The Hall–Kier alpha value is -2.71. The normalized spacial score (nSPS) is 15.1. The highest BCUT2D eigenvalue weighted by Crippen LogP contribution is 2.35. The summed E-state index contributed by atoms with van der Waals surface area (Å²) >= 11 is 1.34. The van der Waals surface area contributed by atoms with Crippen LogP contribution in [0.1, 0.15) is 37.3 Å². The van der Waals surface area contributed by atoms with Crippen LogP contribution in [0.2, 0.25) is 0 Å². The van der Waals surface area contributed by atoms with Crippen molar-refractivity contribution in [2.45, 2.75) is 43.5 Å². The molecule has 1 aliphatic rings. The van der Waals surface area contributed by atoms with E-state index in [9.17, 15) is 8.42 Å². The molecule has 0 bridgehead atoms. The molecule has 2 aromatic heterocycles. The number of anilines is 1. The van der Waals surface area contributed by atoms with Crippen LogP contribution in [0.3, 0.4) is 0 Å². The second kappa shape index (κ2) is 7.52. The molecule has 2 heterocycles. The fourth-order valence-electron chi connectivity index (χ4n) is 4.02. The third kappa shape index (κ3) is 3.50. The Labute approximate surface area is 179 Å². The third-order valence-electron chi connectivity index (χ3n) is 5.58. The Morgan fingerprint density at radius 1 is 1.07 bits per heavy atom. The summed E-state index contributed by atoms with van der Waals surface area (Å²) in [5, 5.41) is 5.08. The van der Waals surface area contributed by atoms with Crippen molar-refractivity contribution < 1.29 is 8.42 Å². The Morgan fingerprint density at radius 3 is 2.57 bits per heavy atom. The second-order valence-corrected chi connectivity index (χ2v) is 10.4. The van der Waals surface area contributed by atoms with Gasteiger partial charge in [0.2, 0.25) is 0 Å². The average molecular weight is 439 g/mol. The number of para-hydroxylation sites is 1. The van der Waals surface area contributed by atoms with Crippen molar-refractivity contribution in [3.05, 3.63) is 60.3 Å². The number of thiazole rings is 1. The number of aryl methyl sites for hydroxylation is 1. The molecule has 0 saturated heterocycles. The molecule has 2 aromatic carbocycles. The summed E-state index contributed by atoms with van der Waals surface area (Å²) < 4.78 is 32.3. The van der Waals surface area contributed by atoms with E-state index in [0.29, 0.717) is 10.8 Å². The van der Waals surface area contributed by atoms with Crippen LogP contribution < -0.4 is 4.72 Å². The predicted octanol–water partition coefficient (Wildman–Crippen LogP) is 5.38. The SMILES string of the molecule is Cc1cccc2sc(NS(=O)(=O)c3cn(C4CCCC4)nc3-c3ccccc3)nc12. The largest absolute Gasteiger partial charge is 0.268 e. The maximum Gasteiger partial charge on any atom is 0.267 e. The summed E-state index contributed by atoms with van der Waals surface area (Å²) in [5.74, 6) is 0. The van der Waals surface area contributed by atoms with Crippen LogP contribution in [-0.2, 0) is 10.0 Å². The summed E-state index contributed by atoms with van der Waals surface area (Å²) in [5.41, 5.74) is 3.11. The minimum absolute atomic E-state index is 0.191. The van der Waals surface area contributed by atoms with Gasteiger partial charge >= 0.3 is 0 Å². The smallest absolute Gasteiger partial charge is 0.267 e. The van der Waals surface area contributed by atoms with E-state index in [1.54, 1.807) is 6.20 Å². The number of rotatable bonds is 5. The van der Waals surface area contributed by atoms with E-state index >= 15 is 0 Å². The molecule has 5 rings (SSSR count). The second-order valence-electron chi connectivity index (χ2n) is 7.67. The molecule has 154 valence electrons. The van der Waals surface area contributed by atoms with Gasteiger partial charge in [-0.05, 0) is 31.4 Å². The molecule has 8 heteroatoms. The van der Waals surface area contributed by atoms with Crippen molar-refractivity contribution in [2.75, 3.05) is 4.72 Å². The van der Waals surface area contributed by atoms with Gasteiger partial charge in [0.05, 0.1) is 16.3 Å². The highest BCUT2D eigenvalue weighted by Gasteiger charge is 2.28. The lowest BCUT2D eigenvalue weighted by Crippen LogP contribution is -2.13. The fraction of sp³-hybridized carbons (Fsp3) is 0.273. The zero-order valence-corrected chi connectivity index (χ0v) is 18.2. The van der Waals surface area contributed by atoms with Gasteiger partial charge < -0.3 is 0 Å². The molecule has 0 unspecified atom stereocenters. The summed E-state index contributed by atoms with van der Waals surface area (Å²) in [4.78, 5) is 4.70. The van der Waals surface area contributed by atoms with Crippen LogP contribution in [0.15, 0.2) is 59.6 Å². The van der Waals surface area contributed by atoms with Crippen molar-refractivity contribution in [3.8, 4) is 11.3 Å². The van der Waals surface area contributed by atoms with Crippen LogP contribution in [0.4, 0.5) is 5.13 Å². The first-order valence-corrected chi connectivity index (χ1v) is 12.3. The highest BCUT2D eigenvalue weighted by molar-refractivity contribution is 7.93. The van der Waals surface area contributed by atoms with E-state index < -0.39 is 10.0 Å². The molecule has 0 spiro atoms. The van der Waals surface area contributed by atoms with Crippen LogP contribution in [-0.4, -0.2) is 23.2 Å². The zero-order valence-electron chi connectivity index (χ0n) is 16.6. The number of sulfonamides is 1. The molecule has 0 atom stereocenters. The van der Waals surface area contributed by atoms with E-state index in [1.807, 2.05) is 60.1 Å². The molecular formula is C22H22N4O2S2. The summed E-state index contributed by atoms with van der Waals surface area (Å²) in [6, 6.07) is 15.6. The lowest BCUT2D eigenvalue weighted by molar-refractivity contribution is 0.467. The number of hydrogen-bond donors (Lipinski definition) is 1. The number of benzene rings is 2. The molecule has 0 aliphatic heterocycles. The van der Waals surface area contributed by atoms with Gasteiger partial charge in [-0.3, -0.25) is 9.40 Å². The molecule has 1 fully saturated rings. The summed E-state index contributed by atoms with van der Waals surface area (Å²) in [6.45, 7) is 1.97. The molecule has 1 N–H and O–H groups in total. The Morgan fingerprint density at radius 2 is 1.83 bits per heavy atom. The van der Waals surface area contributed by atoms with E-state index in [-0.39, 0.29) is 10.9 Å². The minimum atomic E-state index is -3.85. The zero-order chi connectivity index (χ0) is 20.7. The molecule has 1 aliphatic carbocycles. The summed E-state index contributed by atoms with van der Waals surface area (Å²) in [7, 11) is -3.85. The molecule has 30 heavy (non-hydrogen) atoms. The Kier molecular flexibility index (Phi) is 4.83. The van der Waals surface area contributed by atoms with Gasteiger partial charge in [-0.15, -0.1) is 0 Å². The average Bonchev–Trinajstić information content (AvgIpc) is 3.47. The van der Waals surface area contributed by atoms with Gasteiger partial charge in [-0.1, -0.05) is 66.6 Å². The van der Waals surface area contributed by atoms with E-state index in [4.69, 9.17) is 5.10 Å². The highest BCUT2D eigenvalue weighted by atomic mass is 32.2. The van der Waals surface area contributed by atoms with Crippen molar-refractivity contribution in [2.24, 2.45) is 0 Å². The van der Waals surface area contributed by atoms with E-state index in [1.165, 1.54) is 11.3 Å². The first kappa shape index (κ1) is 19.3. The third-order valence-corrected chi connectivity index (χ3v) is 7.98. The molecule has 0 amide bonds. The van der Waals surface area contributed by atoms with Crippen LogP contribution in [0, 0.1) is 6.92 Å². The lowest BCUT2D eigenvalue weighted by atomic mass is 10.2. The maximum absolute atomic E-state index is 13.4. The first-order chi connectivity index (χ1) is 14.5. The predicted molar refractivity (Wildman–Crippen MR) is 120 cm³/mol. The number of hydrogen-bond acceptors (Lipinski definition) is 5. The quantitative estimate of drug-likeness (QED) is 0.454. The van der Waals surface area contributed by atoms with Crippen LogP contribution in [0.5, 0.6) is 0 Å². The van der Waals surface area contributed by atoms with Crippen molar-refractivity contribution in [1.82, 2.24) is 14.8 Å². The Bertz CT molecular complexity index is 1300. The topological polar surface area (TPSA) is 76.9 Å². The number of fused-ring (bicyclic) bond motifs is 1. The standard InChI is InChI=1S/C22H22N4O2S2/c1-15-8-7-13-18-20(15)23-22(29-18)25-30(27,28)19-14-26(17-11-5-6-12-17)24-21(19)16-9-3-2-4-10-16/h2-4,7-10,13-14,17H,5-6,11-12H2,1H3,(H,23,25). The molecule has 4 aromatic rings. The number of aromatic nitrogens is 3. The Balaban J connectivity index is 1.57. The van der Waals surface area contributed by atoms with Crippen molar-refractivity contribution in [1.29, 1.82) is 0 Å². The molecule has 0 radical (unpaired) electrons. The molecule has 1 saturated carbocycles. The van der Waals surface area contributed by atoms with Gasteiger partial charge in [-0.2, -0.15) is 5.10 Å². The van der Waals surface area contributed by atoms with E-state index in [0.717, 1.165) is 47.0 Å². The minimum Gasteiger partial charge on any atom is -0.268 e. The van der Waals surface area contributed by atoms with Gasteiger partial charge in [0.25, 0.3) is 10.0 Å². The number of nitrogens with zero attached hydrogens (tertiary/aromatic N) is 3. The van der Waals surface area contributed by atoms with Crippen molar-refractivity contribution in [3.63, 3.8) is 0 Å². The fourth-order valence-corrected chi connectivity index (χ4v) is 6.36. The number of nitrogens with one attached hydrogen (secondary N) is 1. The van der Waals surface area contributed by atoms with Gasteiger partial charge in [0.15, 0.2) is 5.13 Å². The maximum atomic E-state index is 13.4.